The second-order valence-electron chi connectivity index (χ2n) is 5.21. The Hall–Kier alpha value is -2.70. The lowest BCUT2D eigenvalue weighted by Gasteiger charge is -2.06. The number of hydrogen-bond donors (Lipinski definition) is 2. The molecule has 2 aromatic rings. The van der Waals surface area contributed by atoms with Crippen LogP contribution in [-0.4, -0.2) is 23.6 Å². The molecule has 0 amide bonds. The van der Waals surface area contributed by atoms with Crippen LogP contribution in [0.25, 0.3) is 0 Å². The van der Waals surface area contributed by atoms with E-state index in [1.54, 1.807) is 24.4 Å². The molecule has 0 unspecified atom stereocenters. The summed E-state index contributed by atoms with van der Waals surface area (Å²) in [6.07, 6.45) is 2.54. The molecule has 0 radical (unpaired) electrons. The number of nitrogens with two attached hydrogens (primary N) is 1. The minimum atomic E-state index is -2.81. The van der Waals surface area contributed by atoms with Gasteiger partial charge in [-0.1, -0.05) is 18.2 Å². The molecule has 7 heteroatoms. The second kappa shape index (κ2) is 6.60. The summed E-state index contributed by atoms with van der Waals surface area (Å²) >= 11 is 0. The summed E-state index contributed by atoms with van der Waals surface area (Å²) < 4.78 is 28.6. The molecule has 1 aliphatic rings. The number of aromatic nitrogens is 1. The number of anilines is 1. The Morgan fingerprint density at radius 1 is 1.26 bits per heavy atom. The molecule has 1 saturated carbocycles. The highest BCUT2D eigenvalue weighted by atomic mass is 19.3. The van der Waals surface area contributed by atoms with E-state index >= 15 is 0 Å². The quantitative estimate of drug-likeness (QED) is 0.657. The molecule has 1 aliphatic carbocycles. The van der Waals surface area contributed by atoms with Crippen molar-refractivity contribution < 1.29 is 13.5 Å². The maximum atomic E-state index is 12.1. The number of benzene rings is 1. The minimum Gasteiger partial charge on any atom is -0.435 e. The van der Waals surface area contributed by atoms with E-state index in [4.69, 9.17) is 5.73 Å². The van der Waals surface area contributed by atoms with E-state index < -0.39 is 6.61 Å². The zero-order chi connectivity index (χ0) is 16.2. The minimum absolute atomic E-state index is 0.0908. The van der Waals surface area contributed by atoms with Gasteiger partial charge in [0.05, 0.1) is 6.04 Å². The summed E-state index contributed by atoms with van der Waals surface area (Å²) in [5.74, 6) is 1.36. The van der Waals surface area contributed by atoms with Gasteiger partial charge in [0.25, 0.3) is 0 Å². The van der Waals surface area contributed by atoms with E-state index in [9.17, 15) is 8.78 Å². The van der Waals surface area contributed by atoms with Gasteiger partial charge >= 0.3 is 6.61 Å². The van der Waals surface area contributed by atoms with Crippen LogP contribution in [0.3, 0.4) is 0 Å². The predicted octanol–water partition coefficient (Wildman–Crippen LogP) is 2.97. The van der Waals surface area contributed by atoms with Crippen LogP contribution in [0.15, 0.2) is 53.7 Å². The van der Waals surface area contributed by atoms with Crippen molar-refractivity contribution in [2.45, 2.75) is 25.0 Å². The van der Waals surface area contributed by atoms with Gasteiger partial charge in [-0.3, -0.25) is 0 Å². The van der Waals surface area contributed by atoms with Crippen molar-refractivity contribution in [3.05, 3.63) is 54.2 Å². The number of aliphatic imine (C=N–C) groups is 1. The largest absolute Gasteiger partial charge is 0.435 e. The highest BCUT2D eigenvalue weighted by molar-refractivity contribution is 5.91. The van der Waals surface area contributed by atoms with Crippen LogP contribution in [0.5, 0.6) is 5.75 Å². The first-order chi connectivity index (χ1) is 11.1. The van der Waals surface area contributed by atoms with Gasteiger partial charge in [-0.05, 0) is 36.2 Å². The number of nitrogens with one attached hydrogen (secondary N) is 1. The normalized spacial score (nSPS) is 20.4. The third kappa shape index (κ3) is 4.15. The number of halogens is 2. The third-order valence-electron chi connectivity index (χ3n) is 3.52. The van der Waals surface area contributed by atoms with Gasteiger partial charge in [-0.15, -0.1) is 0 Å². The van der Waals surface area contributed by atoms with Crippen molar-refractivity contribution >= 4 is 11.8 Å². The number of hydrogen-bond acceptors (Lipinski definition) is 3. The number of ether oxygens (including phenoxy) is 1. The van der Waals surface area contributed by atoms with Gasteiger partial charge in [0, 0.05) is 12.1 Å². The van der Waals surface area contributed by atoms with Crippen molar-refractivity contribution in [3.8, 4) is 5.75 Å². The Morgan fingerprint density at radius 2 is 2.04 bits per heavy atom. The van der Waals surface area contributed by atoms with Crippen molar-refractivity contribution in [3.63, 3.8) is 0 Å². The summed E-state index contributed by atoms with van der Waals surface area (Å²) in [6.45, 7) is -2.81. The van der Waals surface area contributed by atoms with Crippen molar-refractivity contribution in [1.29, 1.82) is 0 Å². The molecule has 0 bridgehead atoms. The second-order valence-corrected chi connectivity index (χ2v) is 5.21. The molecular weight excluding hydrogens is 302 g/mol. The van der Waals surface area contributed by atoms with E-state index in [2.05, 4.69) is 20.0 Å². The molecule has 23 heavy (non-hydrogen) atoms. The van der Waals surface area contributed by atoms with Crippen LogP contribution in [0.2, 0.25) is 0 Å². The van der Waals surface area contributed by atoms with Crippen LogP contribution in [0.1, 0.15) is 17.9 Å². The van der Waals surface area contributed by atoms with E-state index in [1.165, 1.54) is 12.1 Å². The van der Waals surface area contributed by atoms with Gasteiger partial charge in [0.1, 0.15) is 11.6 Å². The molecular formula is C16H16F2N4O. The third-order valence-corrected chi connectivity index (χ3v) is 3.52. The lowest BCUT2D eigenvalue weighted by atomic mass is 10.1. The standard InChI is InChI=1S/C16H16F2N4O/c17-15(18)23-11-6-4-10(5-7-11)12-9-13(12)21-16(19)22-14-3-1-2-8-20-14/h1-8,12-13,15H,9H2,(H3,19,20,21,22)/t12-,13+/m0/s1. The summed E-state index contributed by atoms with van der Waals surface area (Å²) in [4.78, 5) is 8.51. The maximum absolute atomic E-state index is 12.1. The average Bonchev–Trinajstić information content (AvgIpc) is 3.27. The van der Waals surface area contributed by atoms with E-state index in [-0.39, 0.29) is 17.7 Å². The Bertz CT molecular complexity index is 676. The van der Waals surface area contributed by atoms with Crippen LogP contribution in [0.4, 0.5) is 14.6 Å². The van der Waals surface area contributed by atoms with Crippen molar-refractivity contribution in [2.24, 2.45) is 10.7 Å². The first-order valence-electron chi connectivity index (χ1n) is 7.18. The van der Waals surface area contributed by atoms with Crippen molar-refractivity contribution in [2.75, 3.05) is 5.32 Å². The van der Waals surface area contributed by atoms with Gasteiger partial charge in [-0.25, -0.2) is 9.98 Å². The molecule has 120 valence electrons. The molecule has 0 aliphatic heterocycles. The van der Waals surface area contributed by atoms with E-state index in [1.807, 2.05) is 12.1 Å². The molecule has 1 fully saturated rings. The highest BCUT2D eigenvalue weighted by Gasteiger charge is 2.38. The first-order valence-corrected chi connectivity index (χ1v) is 7.18. The molecule has 1 heterocycles. The van der Waals surface area contributed by atoms with Gasteiger partial charge < -0.3 is 15.8 Å². The molecule has 5 nitrogen and oxygen atoms in total. The maximum Gasteiger partial charge on any atom is 0.387 e. The van der Waals surface area contributed by atoms with Gasteiger partial charge in [0.15, 0.2) is 5.96 Å². The van der Waals surface area contributed by atoms with E-state index in [0.29, 0.717) is 11.8 Å². The predicted molar refractivity (Wildman–Crippen MR) is 83.7 cm³/mol. The van der Waals surface area contributed by atoms with Crippen LogP contribution >= 0.6 is 0 Å². The fourth-order valence-electron chi connectivity index (χ4n) is 2.36. The monoisotopic (exact) mass is 318 g/mol. The zero-order valence-corrected chi connectivity index (χ0v) is 12.2. The lowest BCUT2D eigenvalue weighted by molar-refractivity contribution is -0.0498. The fraction of sp³-hybridized carbons (Fsp3) is 0.250. The lowest BCUT2D eigenvalue weighted by Crippen LogP contribution is -2.23. The Kier molecular flexibility index (Phi) is 4.36. The molecule has 2 atom stereocenters. The Morgan fingerprint density at radius 3 is 2.70 bits per heavy atom. The Labute approximate surface area is 132 Å². The SMILES string of the molecule is NC(=N[C@@H]1C[C@H]1c1ccc(OC(F)F)cc1)Nc1ccccn1. The number of pyridine rings is 1. The molecule has 0 spiro atoms. The summed E-state index contributed by atoms with van der Waals surface area (Å²) in [5.41, 5.74) is 6.89. The molecule has 0 saturated heterocycles. The molecule has 3 N–H and O–H groups in total. The van der Waals surface area contributed by atoms with Crippen LogP contribution in [0, 0.1) is 0 Å². The topological polar surface area (TPSA) is 72.5 Å². The Balaban J connectivity index is 1.57. The zero-order valence-electron chi connectivity index (χ0n) is 12.2. The first kappa shape index (κ1) is 15.2. The number of rotatable bonds is 5. The van der Waals surface area contributed by atoms with Crippen molar-refractivity contribution in [1.82, 2.24) is 4.98 Å². The van der Waals surface area contributed by atoms with E-state index in [0.717, 1.165) is 12.0 Å². The summed E-state index contributed by atoms with van der Waals surface area (Å²) in [7, 11) is 0. The highest BCUT2D eigenvalue weighted by Crippen LogP contribution is 2.43. The molecule has 3 rings (SSSR count). The summed E-state index contributed by atoms with van der Waals surface area (Å²) in [6, 6.07) is 12.2. The summed E-state index contributed by atoms with van der Waals surface area (Å²) in [5, 5.41) is 2.93. The number of alkyl halides is 2. The van der Waals surface area contributed by atoms with Gasteiger partial charge in [0.2, 0.25) is 0 Å². The molecule has 1 aromatic carbocycles. The number of nitrogens with zero attached hydrogens (tertiary/aromatic N) is 2. The smallest absolute Gasteiger partial charge is 0.387 e. The van der Waals surface area contributed by atoms with Gasteiger partial charge in [-0.2, -0.15) is 8.78 Å². The molecule has 1 aromatic heterocycles. The fourth-order valence-corrected chi connectivity index (χ4v) is 2.36. The van der Waals surface area contributed by atoms with Crippen LogP contribution in [-0.2, 0) is 0 Å². The van der Waals surface area contributed by atoms with Crippen LogP contribution < -0.4 is 15.8 Å². The number of guanidine groups is 1. The average molecular weight is 318 g/mol.